The van der Waals surface area contributed by atoms with E-state index in [1.54, 1.807) is 0 Å². The van der Waals surface area contributed by atoms with Gasteiger partial charge in [-0.3, -0.25) is 4.79 Å². The van der Waals surface area contributed by atoms with E-state index in [-0.39, 0.29) is 5.91 Å². The number of carbonyl (C=O) groups is 1. The van der Waals surface area contributed by atoms with Gasteiger partial charge in [-0.25, -0.2) is 4.98 Å². The maximum Gasteiger partial charge on any atom is 0.216 e. The van der Waals surface area contributed by atoms with E-state index in [1.165, 1.54) is 31.9 Å². The fraction of sp³-hybridized carbons (Fsp3) is 0.667. The molecule has 1 aromatic heterocycles. The summed E-state index contributed by atoms with van der Waals surface area (Å²) >= 11 is 0. The van der Waals surface area contributed by atoms with E-state index in [1.807, 2.05) is 12.5 Å². The van der Waals surface area contributed by atoms with Gasteiger partial charge in [0.25, 0.3) is 0 Å². The van der Waals surface area contributed by atoms with Crippen LogP contribution in [0.5, 0.6) is 0 Å². The Kier molecular flexibility index (Phi) is 4.14. The molecule has 5 heteroatoms. The zero-order valence-corrected chi connectivity index (χ0v) is 10.3. The number of aromatic nitrogens is 2. The van der Waals surface area contributed by atoms with Crippen LogP contribution in [-0.2, 0) is 11.3 Å². The van der Waals surface area contributed by atoms with Crippen LogP contribution in [0.2, 0.25) is 0 Å². The normalized spacial score (nSPS) is 20.2. The van der Waals surface area contributed by atoms with Crippen LogP contribution < -0.4 is 10.6 Å². The van der Waals surface area contributed by atoms with E-state index in [4.69, 9.17) is 0 Å². The molecule has 2 heterocycles. The van der Waals surface area contributed by atoms with Crippen molar-refractivity contribution in [2.75, 3.05) is 13.1 Å². The third-order valence-electron chi connectivity index (χ3n) is 3.14. The molecule has 0 radical (unpaired) electrons. The molecule has 1 amide bonds. The number of imidazole rings is 1. The van der Waals surface area contributed by atoms with E-state index < -0.39 is 0 Å². The lowest BCUT2D eigenvalue weighted by molar-refractivity contribution is -0.118. The second-order valence-electron chi connectivity index (χ2n) is 4.50. The predicted molar refractivity (Wildman–Crippen MR) is 65.5 cm³/mol. The van der Waals surface area contributed by atoms with Gasteiger partial charge < -0.3 is 15.2 Å². The summed E-state index contributed by atoms with van der Waals surface area (Å²) in [4.78, 5) is 15.0. The molecule has 0 aliphatic carbocycles. The second kappa shape index (κ2) is 5.82. The quantitative estimate of drug-likeness (QED) is 0.814. The Labute approximate surface area is 102 Å². The standard InChI is InChI=1S/C12H20N4O/c1-10(17)14-6-7-16-9-13-8-12(16)11-4-2-3-5-15-11/h8-9,11,15H,2-7H2,1H3,(H,14,17). The van der Waals surface area contributed by atoms with Gasteiger partial charge >= 0.3 is 0 Å². The first-order valence-corrected chi connectivity index (χ1v) is 6.25. The molecule has 5 nitrogen and oxygen atoms in total. The van der Waals surface area contributed by atoms with Crippen LogP contribution in [0.25, 0.3) is 0 Å². The van der Waals surface area contributed by atoms with Crippen molar-refractivity contribution in [2.45, 2.75) is 38.8 Å². The fourth-order valence-electron chi connectivity index (χ4n) is 2.26. The van der Waals surface area contributed by atoms with Gasteiger partial charge in [0.1, 0.15) is 0 Å². The highest BCUT2D eigenvalue weighted by Crippen LogP contribution is 2.22. The van der Waals surface area contributed by atoms with Gasteiger partial charge in [0.15, 0.2) is 0 Å². The van der Waals surface area contributed by atoms with Crippen molar-refractivity contribution < 1.29 is 4.79 Å². The van der Waals surface area contributed by atoms with Gasteiger partial charge in [-0.2, -0.15) is 0 Å². The molecule has 1 saturated heterocycles. The molecule has 1 fully saturated rings. The van der Waals surface area contributed by atoms with Gasteiger partial charge in [-0.15, -0.1) is 0 Å². The van der Waals surface area contributed by atoms with E-state index in [0.717, 1.165) is 13.1 Å². The number of rotatable bonds is 4. The van der Waals surface area contributed by atoms with Gasteiger partial charge in [0.2, 0.25) is 5.91 Å². The Morgan fingerprint density at radius 3 is 3.24 bits per heavy atom. The minimum atomic E-state index is 0.0162. The Balaban J connectivity index is 1.93. The Morgan fingerprint density at radius 2 is 2.53 bits per heavy atom. The summed E-state index contributed by atoms with van der Waals surface area (Å²) in [5, 5.41) is 6.32. The zero-order chi connectivity index (χ0) is 12.1. The largest absolute Gasteiger partial charge is 0.355 e. The molecule has 0 bridgehead atoms. The van der Waals surface area contributed by atoms with E-state index in [2.05, 4.69) is 20.2 Å². The predicted octanol–water partition coefficient (Wildman–Crippen LogP) is 0.834. The first-order valence-electron chi connectivity index (χ1n) is 6.25. The average Bonchev–Trinajstić information content (AvgIpc) is 2.78. The van der Waals surface area contributed by atoms with Gasteiger partial charge in [-0.1, -0.05) is 6.42 Å². The van der Waals surface area contributed by atoms with Crippen molar-refractivity contribution in [1.82, 2.24) is 20.2 Å². The van der Waals surface area contributed by atoms with Gasteiger partial charge in [0.05, 0.1) is 12.0 Å². The van der Waals surface area contributed by atoms with Crippen molar-refractivity contribution in [3.05, 3.63) is 18.2 Å². The van der Waals surface area contributed by atoms with Crippen LogP contribution >= 0.6 is 0 Å². The topological polar surface area (TPSA) is 59.0 Å². The summed E-state index contributed by atoms with van der Waals surface area (Å²) in [5.74, 6) is 0.0162. The zero-order valence-electron chi connectivity index (χ0n) is 10.3. The molecular formula is C12H20N4O. The summed E-state index contributed by atoms with van der Waals surface area (Å²) < 4.78 is 2.12. The second-order valence-corrected chi connectivity index (χ2v) is 4.50. The third kappa shape index (κ3) is 3.30. The van der Waals surface area contributed by atoms with Crippen LogP contribution in [0.4, 0.5) is 0 Å². The number of piperidine rings is 1. The number of hydrogen-bond donors (Lipinski definition) is 2. The average molecular weight is 236 g/mol. The van der Waals surface area contributed by atoms with Crippen LogP contribution in [0.3, 0.4) is 0 Å². The minimum absolute atomic E-state index is 0.0162. The number of nitrogens with one attached hydrogen (secondary N) is 2. The molecular weight excluding hydrogens is 216 g/mol. The molecule has 1 unspecified atom stereocenters. The maximum absolute atomic E-state index is 10.8. The molecule has 1 aliphatic heterocycles. The molecule has 1 aliphatic rings. The summed E-state index contributed by atoms with van der Waals surface area (Å²) in [6.45, 7) is 4.07. The molecule has 2 N–H and O–H groups in total. The first kappa shape index (κ1) is 12.1. The highest BCUT2D eigenvalue weighted by atomic mass is 16.1. The number of amides is 1. The minimum Gasteiger partial charge on any atom is -0.355 e. The molecule has 1 atom stereocenters. The highest BCUT2D eigenvalue weighted by molar-refractivity contribution is 5.72. The summed E-state index contributed by atoms with van der Waals surface area (Å²) in [5.41, 5.74) is 1.23. The number of carbonyl (C=O) groups excluding carboxylic acids is 1. The van der Waals surface area contributed by atoms with E-state index >= 15 is 0 Å². The lowest BCUT2D eigenvalue weighted by Crippen LogP contribution is -2.30. The summed E-state index contributed by atoms with van der Waals surface area (Å²) in [6, 6.07) is 0.420. The van der Waals surface area contributed by atoms with E-state index in [0.29, 0.717) is 12.6 Å². The van der Waals surface area contributed by atoms with E-state index in [9.17, 15) is 4.79 Å². The van der Waals surface area contributed by atoms with Crippen molar-refractivity contribution >= 4 is 5.91 Å². The number of nitrogens with zero attached hydrogens (tertiary/aromatic N) is 2. The Bertz CT molecular complexity index is 368. The Morgan fingerprint density at radius 1 is 1.65 bits per heavy atom. The smallest absolute Gasteiger partial charge is 0.216 e. The van der Waals surface area contributed by atoms with Crippen molar-refractivity contribution in [1.29, 1.82) is 0 Å². The molecule has 94 valence electrons. The molecule has 0 saturated carbocycles. The SMILES string of the molecule is CC(=O)NCCn1cncc1C1CCCCN1. The molecule has 0 aromatic carbocycles. The van der Waals surface area contributed by atoms with Crippen LogP contribution in [0.15, 0.2) is 12.5 Å². The lowest BCUT2D eigenvalue weighted by Gasteiger charge is -2.24. The monoisotopic (exact) mass is 236 g/mol. The third-order valence-corrected chi connectivity index (χ3v) is 3.14. The van der Waals surface area contributed by atoms with Crippen LogP contribution in [-0.4, -0.2) is 28.5 Å². The highest BCUT2D eigenvalue weighted by Gasteiger charge is 2.17. The van der Waals surface area contributed by atoms with Crippen molar-refractivity contribution in [2.24, 2.45) is 0 Å². The van der Waals surface area contributed by atoms with Gasteiger partial charge in [-0.05, 0) is 19.4 Å². The van der Waals surface area contributed by atoms with Crippen LogP contribution in [0.1, 0.15) is 37.9 Å². The van der Waals surface area contributed by atoms with Crippen LogP contribution in [0, 0.1) is 0 Å². The van der Waals surface area contributed by atoms with Crippen molar-refractivity contribution in [3.8, 4) is 0 Å². The molecule has 0 spiro atoms. The first-order chi connectivity index (χ1) is 8.27. The fourth-order valence-corrected chi connectivity index (χ4v) is 2.26. The molecule has 2 rings (SSSR count). The number of hydrogen-bond acceptors (Lipinski definition) is 3. The maximum atomic E-state index is 10.8. The lowest BCUT2D eigenvalue weighted by atomic mass is 10.0. The summed E-state index contributed by atoms with van der Waals surface area (Å²) in [6.07, 6.45) is 7.47. The molecule has 17 heavy (non-hydrogen) atoms. The van der Waals surface area contributed by atoms with Crippen molar-refractivity contribution in [3.63, 3.8) is 0 Å². The molecule has 1 aromatic rings. The Hall–Kier alpha value is -1.36. The van der Waals surface area contributed by atoms with Gasteiger partial charge in [0, 0.05) is 32.3 Å². The summed E-state index contributed by atoms with van der Waals surface area (Å²) in [7, 11) is 0.